The molecule has 1 aliphatic rings. The molecule has 0 aromatic heterocycles. The summed E-state index contributed by atoms with van der Waals surface area (Å²) >= 11 is 0. The van der Waals surface area contributed by atoms with Crippen molar-refractivity contribution in [2.75, 3.05) is 20.2 Å². The minimum atomic E-state index is 0.312. The van der Waals surface area contributed by atoms with Crippen molar-refractivity contribution in [1.29, 1.82) is 0 Å². The van der Waals surface area contributed by atoms with Crippen LogP contribution in [0.5, 0.6) is 0 Å². The van der Waals surface area contributed by atoms with Crippen LogP contribution < -0.4 is 5.73 Å². The lowest BCUT2D eigenvalue weighted by Crippen LogP contribution is -2.36. The molecule has 1 aliphatic heterocycles. The fraction of sp³-hybridized carbons (Fsp3) is 0.500. The second-order valence-electron chi connectivity index (χ2n) is 5.01. The maximum Gasteiger partial charge on any atom is 0.0703 e. The predicted molar refractivity (Wildman–Crippen MR) is 77.7 cm³/mol. The van der Waals surface area contributed by atoms with Gasteiger partial charge in [-0.25, -0.2) is 0 Å². The van der Waals surface area contributed by atoms with Gasteiger partial charge in [0.05, 0.1) is 12.6 Å². The first kappa shape index (κ1) is 14.1. The molecule has 0 radical (unpaired) electrons. The van der Waals surface area contributed by atoms with E-state index in [1.165, 1.54) is 5.56 Å². The van der Waals surface area contributed by atoms with E-state index in [1.807, 2.05) is 6.07 Å². The van der Waals surface area contributed by atoms with Gasteiger partial charge in [-0.15, -0.1) is 0 Å². The van der Waals surface area contributed by atoms with Crippen molar-refractivity contribution in [2.24, 2.45) is 5.73 Å². The minimum Gasteiger partial charge on any atom is -0.377 e. The molecule has 2 rings (SSSR count). The van der Waals surface area contributed by atoms with Crippen molar-refractivity contribution in [2.45, 2.75) is 32.0 Å². The molecule has 3 heteroatoms. The highest BCUT2D eigenvalue weighted by atomic mass is 16.5. The SMILES string of the molecule is CC1OCCC1N(C)Cc1ccccc1C#CCN. The zero-order valence-electron chi connectivity index (χ0n) is 11.7. The van der Waals surface area contributed by atoms with Crippen LogP contribution in [0.1, 0.15) is 24.5 Å². The molecule has 2 N–H and O–H groups in total. The van der Waals surface area contributed by atoms with Gasteiger partial charge in [0.15, 0.2) is 0 Å². The van der Waals surface area contributed by atoms with Crippen molar-refractivity contribution >= 4 is 0 Å². The molecule has 19 heavy (non-hydrogen) atoms. The largest absolute Gasteiger partial charge is 0.377 e. The van der Waals surface area contributed by atoms with Gasteiger partial charge in [-0.3, -0.25) is 4.90 Å². The zero-order chi connectivity index (χ0) is 13.7. The minimum absolute atomic E-state index is 0.312. The first-order chi connectivity index (χ1) is 9.22. The predicted octanol–water partition coefficient (Wildman–Crippen LogP) is 1.61. The Morgan fingerprint density at radius 3 is 2.89 bits per heavy atom. The van der Waals surface area contributed by atoms with Crippen molar-refractivity contribution in [3.63, 3.8) is 0 Å². The normalized spacial score (nSPS) is 22.3. The Hall–Kier alpha value is -1.34. The Bertz CT molecular complexity index is 475. The summed E-state index contributed by atoms with van der Waals surface area (Å²) in [6.45, 7) is 4.31. The van der Waals surface area contributed by atoms with E-state index in [0.29, 0.717) is 18.7 Å². The highest BCUT2D eigenvalue weighted by molar-refractivity contribution is 5.41. The second kappa shape index (κ2) is 6.72. The lowest BCUT2D eigenvalue weighted by molar-refractivity contribution is 0.0814. The molecule has 102 valence electrons. The van der Waals surface area contributed by atoms with Gasteiger partial charge in [0.25, 0.3) is 0 Å². The maximum atomic E-state index is 5.63. The third-order valence-corrected chi connectivity index (χ3v) is 3.66. The summed E-state index contributed by atoms with van der Waals surface area (Å²) in [6, 6.07) is 8.77. The third-order valence-electron chi connectivity index (χ3n) is 3.66. The van der Waals surface area contributed by atoms with E-state index >= 15 is 0 Å². The molecule has 1 aromatic rings. The van der Waals surface area contributed by atoms with Gasteiger partial charge < -0.3 is 10.5 Å². The second-order valence-corrected chi connectivity index (χ2v) is 5.01. The summed E-state index contributed by atoms with van der Waals surface area (Å²) in [5.41, 5.74) is 7.77. The number of hydrogen-bond donors (Lipinski definition) is 1. The molecule has 0 amide bonds. The Balaban J connectivity index is 2.10. The number of benzene rings is 1. The number of ether oxygens (including phenoxy) is 1. The van der Waals surface area contributed by atoms with E-state index in [-0.39, 0.29) is 0 Å². The smallest absolute Gasteiger partial charge is 0.0703 e. The topological polar surface area (TPSA) is 38.5 Å². The van der Waals surface area contributed by atoms with E-state index in [2.05, 4.69) is 48.9 Å². The molecule has 0 aliphatic carbocycles. The molecule has 0 saturated carbocycles. The lowest BCUT2D eigenvalue weighted by Gasteiger charge is -2.27. The van der Waals surface area contributed by atoms with Gasteiger partial charge in [-0.2, -0.15) is 0 Å². The summed E-state index contributed by atoms with van der Waals surface area (Å²) in [5.74, 6) is 6.08. The molecule has 1 fully saturated rings. The van der Waals surface area contributed by atoms with E-state index in [9.17, 15) is 0 Å². The number of likely N-dealkylation sites (N-methyl/N-ethyl adjacent to an activating group) is 1. The number of rotatable bonds is 3. The molecule has 0 bridgehead atoms. The average Bonchev–Trinajstić information content (AvgIpc) is 2.84. The quantitative estimate of drug-likeness (QED) is 0.837. The molecule has 0 spiro atoms. The van der Waals surface area contributed by atoms with Crippen LogP contribution in [0.15, 0.2) is 24.3 Å². The van der Waals surface area contributed by atoms with E-state index < -0.39 is 0 Å². The molecule has 1 heterocycles. The van der Waals surface area contributed by atoms with Crippen LogP contribution >= 0.6 is 0 Å². The van der Waals surface area contributed by atoms with Crippen molar-refractivity contribution in [3.05, 3.63) is 35.4 Å². The van der Waals surface area contributed by atoms with Gasteiger partial charge in [0.2, 0.25) is 0 Å². The van der Waals surface area contributed by atoms with Crippen LogP contribution in [0.4, 0.5) is 0 Å². The maximum absolute atomic E-state index is 5.63. The molecule has 3 nitrogen and oxygen atoms in total. The monoisotopic (exact) mass is 258 g/mol. The zero-order valence-corrected chi connectivity index (χ0v) is 11.7. The van der Waals surface area contributed by atoms with E-state index in [4.69, 9.17) is 10.5 Å². The van der Waals surface area contributed by atoms with Gasteiger partial charge in [-0.05, 0) is 32.0 Å². The number of hydrogen-bond acceptors (Lipinski definition) is 3. The van der Waals surface area contributed by atoms with Gasteiger partial charge in [-0.1, -0.05) is 30.0 Å². The van der Waals surface area contributed by atoms with Gasteiger partial charge in [0, 0.05) is 24.8 Å². The molecule has 2 unspecified atom stereocenters. The molecule has 1 saturated heterocycles. The van der Waals surface area contributed by atoms with Crippen molar-refractivity contribution < 1.29 is 4.74 Å². The Morgan fingerprint density at radius 1 is 1.42 bits per heavy atom. The Kier molecular flexibility index (Phi) is 4.98. The van der Waals surface area contributed by atoms with Crippen LogP contribution in [-0.4, -0.2) is 37.2 Å². The number of nitrogens with zero attached hydrogens (tertiary/aromatic N) is 1. The fourth-order valence-corrected chi connectivity index (χ4v) is 2.61. The van der Waals surface area contributed by atoms with Crippen molar-refractivity contribution in [3.8, 4) is 11.8 Å². The van der Waals surface area contributed by atoms with Crippen LogP contribution in [0.3, 0.4) is 0 Å². The standard InChI is InChI=1S/C16H22N2O/c1-13-16(9-11-19-13)18(2)12-15-7-4-3-6-14(15)8-5-10-17/h3-4,6-7,13,16H,9-12,17H2,1-2H3. The van der Waals surface area contributed by atoms with Crippen molar-refractivity contribution in [1.82, 2.24) is 4.90 Å². The Morgan fingerprint density at radius 2 is 2.21 bits per heavy atom. The highest BCUT2D eigenvalue weighted by Crippen LogP contribution is 2.21. The van der Waals surface area contributed by atoms with Gasteiger partial charge in [0.1, 0.15) is 0 Å². The molecule has 2 atom stereocenters. The summed E-state index contributed by atoms with van der Waals surface area (Å²) in [6.07, 6.45) is 1.42. The Labute approximate surface area is 115 Å². The molecule has 1 aromatic carbocycles. The summed E-state index contributed by atoms with van der Waals surface area (Å²) in [5, 5.41) is 0. The average molecular weight is 258 g/mol. The first-order valence-corrected chi connectivity index (χ1v) is 6.81. The lowest BCUT2D eigenvalue weighted by atomic mass is 10.1. The summed E-state index contributed by atoms with van der Waals surface area (Å²) in [7, 11) is 2.16. The summed E-state index contributed by atoms with van der Waals surface area (Å²) in [4.78, 5) is 2.36. The van der Waals surface area contributed by atoms with Crippen LogP contribution in [0.25, 0.3) is 0 Å². The van der Waals surface area contributed by atoms with E-state index in [0.717, 1.165) is 25.1 Å². The van der Waals surface area contributed by atoms with E-state index in [1.54, 1.807) is 0 Å². The molecular formula is C16H22N2O. The number of nitrogens with two attached hydrogens (primary N) is 1. The van der Waals surface area contributed by atoms with Crippen LogP contribution in [0, 0.1) is 11.8 Å². The highest BCUT2D eigenvalue weighted by Gasteiger charge is 2.27. The molecular weight excluding hydrogens is 236 g/mol. The fourth-order valence-electron chi connectivity index (χ4n) is 2.61. The van der Waals surface area contributed by atoms with Gasteiger partial charge >= 0.3 is 0 Å². The third kappa shape index (κ3) is 3.57. The van der Waals surface area contributed by atoms with Crippen LogP contribution in [0.2, 0.25) is 0 Å². The van der Waals surface area contributed by atoms with Crippen LogP contribution in [-0.2, 0) is 11.3 Å². The first-order valence-electron chi connectivity index (χ1n) is 6.81. The summed E-state index contributed by atoms with van der Waals surface area (Å²) < 4.78 is 5.63.